The monoisotopic (exact) mass is 278 g/mol. The standard InChI is InChI=1S/C12H16F2N2O.ClH/c1-9(10-5-3-2-4-6-10)11(17)16-8-12(13,14)7-15;/h2-6,9H,7-8,15H2,1H3,(H,16,17);1H. The van der Waals surface area contributed by atoms with Gasteiger partial charge in [0.15, 0.2) is 0 Å². The Labute approximate surface area is 111 Å². The molecule has 0 saturated heterocycles. The summed E-state index contributed by atoms with van der Waals surface area (Å²) in [5.74, 6) is -3.93. The number of rotatable bonds is 5. The zero-order valence-electron chi connectivity index (χ0n) is 10.0. The third-order valence-corrected chi connectivity index (χ3v) is 2.51. The molecule has 3 nitrogen and oxygen atoms in total. The predicted octanol–water partition coefficient (Wildman–Crippen LogP) is 1.92. The molecule has 1 aromatic rings. The number of nitrogens with one attached hydrogen (secondary N) is 1. The molecule has 18 heavy (non-hydrogen) atoms. The summed E-state index contributed by atoms with van der Waals surface area (Å²) in [5.41, 5.74) is 5.67. The van der Waals surface area contributed by atoms with E-state index in [4.69, 9.17) is 5.73 Å². The van der Waals surface area contributed by atoms with Gasteiger partial charge in [-0.1, -0.05) is 30.3 Å². The lowest BCUT2D eigenvalue weighted by molar-refractivity contribution is -0.124. The summed E-state index contributed by atoms with van der Waals surface area (Å²) in [7, 11) is 0. The molecule has 0 saturated carbocycles. The van der Waals surface area contributed by atoms with Gasteiger partial charge in [-0.15, -0.1) is 12.4 Å². The van der Waals surface area contributed by atoms with Crippen LogP contribution in [0.5, 0.6) is 0 Å². The fourth-order valence-corrected chi connectivity index (χ4v) is 1.33. The number of nitrogens with two attached hydrogens (primary N) is 1. The molecular formula is C12H17ClF2N2O. The van der Waals surface area contributed by atoms with Crippen molar-refractivity contribution < 1.29 is 13.6 Å². The molecule has 0 bridgehead atoms. The van der Waals surface area contributed by atoms with Crippen molar-refractivity contribution in [1.29, 1.82) is 0 Å². The highest BCUT2D eigenvalue weighted by atomic mass is 35.5. The first kappa shape index (κ1) is 16.8. The summed E-state index contributed by atoms with van der Waals surface area (Å²) in [5, 5.41) is 2.20. The minimum absolute atomic E-state index is 0. The Kier molecular flexibility index (Phi) is 6.80. The highest BCUT2D eigenvalue weighted by Gasteiger charge is 2.28. The van der Waals surface area contributed by atoms with Crippen molar-refractivity contribution in [3.05, 3.63) is 35.9 Å². The van der Waals surface area contributed by atoms with E-state index in [1.54, 1.807) is 31.2 Å². The lowest BCUT2D eigenvalue weighted by atomic mass is 10.0. The predicted molar refractivity (Wildman–Crippen MR) is 69.1 cm³/mol. The van der Waals surface area contributed by atoms with Gasteiger partial charge >= 0.3 is 0 Å². The molecule has 0 spiro atoms. The smallest absolute Gasteiger partial charge is 0.277 e. The molecule has 0 fully saturated rings. The molecule has 1 atom stereocenters. The summed E-state index contributed by atoms with van der Waals surface area (Å²) in [6.07, 6.45) is 0. The highest BCUT2D eigenvalue weighted by molar-refractivity contribution is 5.85. The van der Waals surface area contributed by atoms with E-state index in [9.17, 15) is 13.6 Å². The summed E-state index contributed by atoms with van der Waals surface area (Å²) >= 11 is 0. The number of alkyl halides is 2. The Bertz CT molecular complexity index is 374. The van der Waals surface area contributed by atoms with Crippen LogP contribution in [-0.2, 0) is 4.79 Å². The fourth-order valence-electron chi connectivity index (χ4n) is 1.33. The Morgan fingerprint density at radius 3 is 2.44 bits per heavy atom. The first-order valence-corrected chi connectivity index (χ1v) is 5.37. The maximum absolute atomic E-state index is 12.8. The number of carbonyl (C=O) groups excluding carboxylic acids is 1. The lowest BCUT2D eigenvalue weighted by Gasteiger charge is -2.17. The minimum Gasteiger partial charge on any atom is -0.349 e. The lowest BCUT2D eigenvalue weighted by Crippen LogP contribution is -2.42. The average molecular weight is 279 g/mol. The number of hydrogen-bond donors (Lipinski definition) is 2. The largest absolute Gasteiger partial charge is 0.349 e. The Morgan fingerprint density at radius 2 is 1.94 bits per heavy atom. The van der Waals surface area contributed by atoms with Crippen LogP contribution in [0.15, 0.2) is 30.3 Å². The van der Waals surface area contributed by atoms with E-state index in [0.29, 0.717) is 0 Å². The van der Waals surface area contributed by atoms with E-state index in [2.05, 4.69) is 5.32 Å². The summed E-state index contributed by atoms with van der Waals surface area (Å²) in [6.45, 7) is 0.178. The van der Waals surface area contributed by atoms with Gasteiger partial charge < -0.3 is 11.1 Å². The van der Waals surface area contributed by atoms with E-state index in [1.165, 1.54) is 0 Å². The van der Waals surface area contributed by atoms with Crippen molar-refractivity contribution in [1.82, 2.24) is 5.32 Å². The van der Waals surface area contributed by atoms with Crippen LogP contribution in [0.25, 0.3) is 0 Å². The van der Waals surface area contributed by atoms with Crippen molar-refractivity contribution in [2.45, 2.75) is 18.8 Å². The van der Waals surface area contributed by atoms with Crippen molar-refractivity contribution in [2.24, 2.45) is 5.73 Å². The summed E-state index contributed by atoms with van der Waals surface area (Å²) in [4.78, 5) is 11.6. The van der Waals surface area contributed by atoms with E-state index in [0.717, 1.165) is 5.56 Å². The summed E-state index contributed by atoms with van der Waals surface area (Å²) < 4.78 is 25.7. The van der Waals surface area contributed by atoms with E-state index in [1.807, 2.05) is 6.07 Å². The van der Waals surface area contributed by atoms with E-state index >= 15 is 0 Å². The van der Waals surface area contributed by atoms with Crippen molar-refractivity contribution in [3.63, 3.8) is 0 Å². The summed E-state index contributed by atoms with van der Waals surface area (Å²) in [6, 6.07) is 8.99. The van der Waals surface area contributed by atoms with Crippen LogP contribution in [0, 0.1) is 0 Å². The molecule has 0 aromatic heterocycles. The van der Waals surface area contributed by atoms with Gasteiger partial charge in [0.25, 0.3) is 5.92 Å². The zero-order chi connectivity index (χ0) is 12.9. The Hall–Kier alpha value is -1.20. The minimum atomic E-state index is -3.05. The van der Waals surface area contributed by atoms with Crippen molar-refractivity contribution in [3.8, 4) is 0 Å². The van der Waals surface area contributed by atoms with Gasteiger partial charge in [0.2, 0.25) is 5.91 Å². The van der Waals surface area contributed by atoms with E-state index in [-0.39, 0.29) is 12.4 Å². The maximum Gasteiger partial charge on any atom is 0.277 e. The van der Waals surface area contributed by atoms with Gasteiger partial charge in [-0.05, 0) is 12.5 Å². The molecule has 0 aliphatic carbocycles. The molecule has 1 unspecified atom stereocenters. The van der Waals surface area contributed by atoms with Crippen molar-refractivity contribution >= 4 is 18.3 Å². The van der Waals surface area contributed by atoms with Crippen LogP contribution >= 0.6 is 12.4 Å². The molecule has 1 rings (SSSR count). The number of halogens is 3. The SMILES string of the molecule is CC(C(=O)NCC(F)(F)CN)c1ccccc1.Cl. The average Bonchev–Trinajstić information content (AvgIpc) is 2.36. The molecule has 102 valence electrons. The number of benzene rings is 1. The maximum atomic E-state index is 12.8. The van der Waals surface area contributed by atoms with Crippen LogP contribution in [-0.4, -0.2) is 24.9 Å². The number of carbonyl (C=O) groups is 1. The second-order valence-electron chi connectivity index (χ2n) is 3.91. The van der Waals surface area contributed by atoms with Crippen molar-refractivity contribution in [2.75, 3.05) is 13.1 Å². The number of hydrogen-bond acceptors (Lipinski definition) is 2. The molecule has 6 heteroatoms. The topological polar surface area (TPSA) is 55.1 Å². The third-order valence-electron chi connectivity index (χ3n) is 2.51. The highest BCUT2D eigenvalue weighted by Crippen LogP contribution is 2.15. The second-order valence-corrected chi connectivity index (χ2v) is 3.91. The third kappa shape index (κ3) is 4.98. The van der Waals surface area contributed by atoms with Crippen LogP contribution in [0.2, 0.25) is 0 Å². The molecule has 3 N–H and O–H groups in total. The molecular weight excluding hydrogens is 262 g/mol. The van der Waals surface area contributed by atoms with Gasteiger partial charge in [0, 0.05) is 0 Å². The molecule has 0 heterocycles. The molecule has 0 aliphatic rings. The van der Waals surface area contributed by atoms with Gasteiger partial charge in [-0.3, -0.25) is 4.79 Å². The van der Waals surface area contributed by atoms with E-state index < -0.39 is 30.8 Å². The van der Waals surface area contributed by atoms with Gasteiger partial charge in [-0.25, -0.2) is 8.78 Å². The van der Waals surface area contributed by atoms with Gasteiger partial charge in [-0.2, -0.15) is 0 Å². The Balaban J connectivity index is 0.00000289. The van der Waals surface area contributed by atoms with Crippen LogP contribution < -0.4 is 11.1 Å². The van der Waals surface area contributed by atoms with Crippen LogP contribution in [0.1, 0.15) is 18.4 Å². The van der Waals surface area contributed by atoms with Crippen LogP contribution in [0.3, 0.4) is 0 Å². The van der Waals surface area contributed by atoms with Gasteiger partial charge in [0.1, 0.15) is 0 Å². The zero-order valence-corrected chi connectivity index (χ0v) is 10.8. The first-order chi connectivity index (χ1) is 7.96. The molecule has 1 amide bonds. The molecule has 0 radical (unpaired) electrons. The van der Waals surface area contributed by atoms with Crippen LogP contribution in [0.4, 0.5) is 8.78 Å². The fraction of sp³-hybridized carbons (Fsp3) is 0.417. The quantitative estimate of drug-likeness (QED) is 0.865. The molecule has 1 aromatic carbocycles. The molecule has 0 aliphatic heterocycles. The first-order valence-electron chi connectivity index (χ1n) is 5.37. The Morgan fingerprint density at radius 1 is 1.39 bits per heavy atom. The number of amides is 1. The second kappa shape index (κ2) is 7.28. The van der Waals surface area contributed by atoms with Gasteiger partial charge in [0.05, 0.1) is 19.0 Å². The normalized spacial score (nSPS) is 12.4.